The van der Waals surface area contributed by atoms with E-state index in [4.69, 9.17) is 17.0 Å². The number of aromatic amines is 1. The first-order valence-electron chi connectivity index (χ1n) is 4.49. The van der Waals surface area contributed by atoms with E-state index in [9.17, 15) is 9.50 Å². The summed E-state index contributed by atoms with van der Waals surface area (Å²) in [5, 5.41) is 17.2. The Morgan fingerprint density at radius 1 is 1.50 bits per heavy atom. The van der Waals surface area contributed by atoms with Gasteiger partial charge in [0.05, 0.1) is 5.03 Å². The van der Waals surface area contributed by atoms with Crippen molar-refractivity contribution in [1.29, 1.82) is 5.41 Å². The molecule has 0 bridgehead atoms. The normalized spacial score (nSPS) is 12.0. The van der Waals surface area contributed by atoms with Crippen LogP contribution in [0.1, 0.15) is 5.56 Å². The minimum Gasteiger partial charge on any atom is -0.494 e. The maximum atomic E-state index is 13.1. The summed E-state index contributed by atoms with van der Waals surface area (Å²) in [6, 6.07) is 4.12. The topological polar surface area (TPSA) is 59.9 Å². The highest BCUT2D eigenvalue weighted by Crippen LogP contribution is 2.30. The molecule has 5 heteroatoms. The lowest BCUT2D eigenvalue weighted by Gasteiger charge is -1.93. The standard InChI is InChI=1S/C11H8ClFN2O/c12-6(5-14)3-9-8-4-7(13)1-2-10(8)15-11(9)16/h1-5,14-16H/b6-3+,14-5?. The van der Waals surface area contributed by atoms with Crippen LogP contribution >= 0.6 is 11.6 Å². The van der Waals surface area contributed by atoms with Crippen LogP contribution in [-0.4, -0.2) is 16.3 Å². The fourth-order valence-corrected chi connectivity index (χ4v) is 1.61. The van der Waals surface area contributed by atoms with Crippen LogP contribution in [0.25, 0.3) is 17.0 Å². The summed E-state index contributed by atoms with van der Waals surface area (Å²) in [5.41, 5.74) is 0.989. The van der Waals surface area contributed by atoms with Crippen molar-refractivity contribution in [1.82, 2.24) is 4.98 Å². The van der Waals surface area contributed by atoms with Crippen LogP contribution < -0.4 is 0 Å². The van der Waals surface area contributed by atoms with E-state index < -0.39 is 5.82 Å². The lowest BCUT2D eigenvalue weighted by atomic mass is 10.1. The Morgan fingerprint density at radius 3 is 2.94 bits per heavy atom. The number of allylic oxidation sites excluding steroid dienone is 1. The molecular formula is C11H8ClFN2O. The third-order valence-electron chi connectivity index (χ3n) is 2.20. The molecule has 0 aliphatic carbocycles. The van der Waals surface area contributed by atoms with Gasteiger partial charge in [-0.2, -0.15) is 0 Å². The van der Waals surface area contributed by atoms with E-state index in [1.54, 1.807) is 0 Å². The molecule has 0 atom stereocenters. The number of H-pyrrole nitrogens is 1. The summed E-state index contributed by atoms with van der Waals surface area (Å²) in [6.07, 6.45) is 2.35. The molecule has 0 aliphatic rings. The summed E-state index contributed by atoms with van der Waals surface area (Å²) in [4.78, 5) is 2.69. The quantitative estimate of drug-likeness (QED) is 0.691. The highest BCUT2D eigenvalue weighted by atomic mass is 35.5. The Balaban J connectivity index is 2.72. The van der Waals surface area contributed by atoms with Crippen LogP contribution in [0.4, 0.5) is 4.39 Å². The van der Waals surface area contributed by atoms with Gasteiger partial charge in [-0.05, 0) is 24.3 Å². The Morgan fingerprint density at radius 2 is 2.25 bits per heavy atom. The van der Waals surface area contributed by atoms with Gasteiger partial charge in [-0.3, -0.25) is 0 Å². The van der Waals surface area contributed by atoms with Crippen molar-refractivity contribution < 1.29 is 9.50 Å². The molecule has 82 valence electrons. The lowest BCUT2D eigenvalue weighted by Crippen LogP contribution is -1.76. The number of hydrogen-bond acceptors (Lipinski definition) is 2. The van der Waals surface area contributed by atoms with Gasteiger partial charge in [-0.25, -0.2) is 4.39 Å². The second kappa shape index (κ2) is 3.98. The van der Waals surface area contributed by atoms with Crippen LogP contribution in [0.15, 0.2) is 23.2 Å². The number of aromatic nitrogens is 1. The van der Waals surface area contributed by atoms with Gasteiger partial charge < -0.3 is 15.5 Å². The summed E-state index contributed by atoms with van der Waals surface area (Å²) < 4.78 is 13.1. The van der Waals surface area contributed by atoms with E-state index in [1.165, 1.54) is 24.3 Å². The summed E-state index contributed by atoms with van der Waals surface area (Å²) in [5.74, 6) is -0.493. The number of hydrogen-bond donors (Lipinski definition) is 3. The van der Waals surface area contributed by atoms with E-state index in [0.29, 0.717) is 16.5 Å². The molecular weight excluding hydrogens is 231 g/mol. The average Bonchev–Trinajstić information content (AvgIpc) is 2.55. The minimum absolute atomic E-state index is 0.0967. The molecule has 0 aliphatic heterocycles. The van der Waals surface area contributed by atoms with Crippen LogP contribution in [0.2, 0.25) is 0 Å². The number of benzene rings is 1. The molecule has 2 rings (SSSR count). The zero-order chi connectivity index (χ0) is 11.7. The van der Waals surface area contributed by atoms with Crippen LogP contribution in [0.5, 0.6) is 5.88 Å². The molecule has 0 saturated heterocycles. The van der Waals surface area contributed by atoms with E-state index in [-0.39, 0.29) is 10.9 Å². The van der Waals surface area contributed by atoms with Crippen molar-refractivity contribution in [2.24, 2.45) is 0 Å². The predicted molar refractivity (Wildman–Crippen MR) is 62.5 cm³/mol. The van der Waals surface area contributed by atoms with E-state index in [1.807, 2.05) is 0 Å². The summed E-state index contributed by atoms with van der Waals surface area (Å²) >= 11 is 5.67. The molecule has 0 radical (unpaired) electrons. The van der Waals surface area contributed by atoms with Gasteiger partial charge in [-0.15, -0.1) is 0 Å². The van der Waals surface area contributed by atoms with E-state index in [2.05, 4.69) is 4.98 Å². The smallest absolute Gasteiger partial charge is 0.196 e. The predicted octanol–water partition coefficient (Wildman–Crippen LogP) is 3.24. The number of nitrogens with one attached hydrogen (secondary N) is 2. The lowest BCUT2D eigenvalue weighted by molar-refractivity contribution is 0.457. The number of fused-ring (bicyclic) bond motifs is 1. The van der Waals surface area contributed by atoms with Crippen LogP contribution in [0.3, 0.4) is 0 Å². The monoisotopic (exact) mass is 238 g/mol. The molecule has 0 unspecified atom stereocenters. The summed E-state index contributed by atoms with van der Waals surface area (Å²) in [6.45, 7) is 0. The van der Waals surface area contributed by atoms with Gasteiger partial charge >= 0.3 is 0 Å². The minimum atomic E-state index is -0.396. The van der Waals surface area contributed by atoms with Crippen molar-refractivity contribution >= 4 is 34.8 Å². The Hall–Kier alpha value is -1.81. The van der Waals surface area contributed by atoms with E-state index >= 15 is 0 Å². The van der Waals surface area contributed by atoms with E-state index in [0.717, 1.165) is 6.21 Å². The average molecular weight is 239 g/mol. The first-order chi connectivity index (χ1) is 7.61. The first-order valence-corrected chi connectivity index (χ1v) is 4.87. The molecule has 0 amide bonds. The third kappa shape index (κ3) is 1.79. The Bertz CT molecular complexity index is 589. The molecule has 16 heavy (non-hydrogen) atoms. The zero-order valence-corrected chi connectivity index (χ0v) is 8.85. The molecule has 1 heterocycles. The molecule has 0 saturated carbocycles. The van der Waals surface area contributed by atoms with Gasteiger partial charge in [-0.1, -0.05) is 11.6 Å². The number of aromatic hydroxyl groups is 1. The Kier molecular flexibility index (Phi) is 2.66. The number of rotatable bonds is 2. The fourth-order valence-electron chi connectivity index (χ4n) is 1.50. The molecule has 1 aromatic heterocycles. The third-order valence-corrected chi connectivity index (χ3v) is 2.42. The molecule has 0 spiro atoms. The van der Waals surface area contributed by atoms with Gasteiger partial charge in [0.1, 0.15) is 5.82 Å². The highest BCUT2D eigenvalue weighted by Gasteiger charge is 2.09. The molecule has 3 nitrogen and oxygen atoms in total. The van der Waals surface area contributed by atoms with Crippen LogP contribution in [0, 0.1) is 11.2 Å². The Labute approximate surface area is 95.7 Å². The maximum absolute atomic E-state index is 13.1. The van der Waals surface area contributed by atoms with Crippen molar-refractivity contribution in [2.75, 3.05) is 0 Å². The SMILES string of the molecule is N=C/C(Cl)=C\c1c(O)[nH]c2ccc(F)cc12. The van der Waals surface area contributed by atoms with Crippen molar-refractivity contribution in [2.45, 2.75) is 0 Å². The molecule has 3 N–H and O–H groups in total. The molecule has 2 aromatic rings. The number of halogens is 2. The van der Waals surface area contributed by atoms with Crippen molar-refractivity contribution in [3.05, 3.63) is 34.6 Å². The molecule has 0 fully saturated rings. The van der Waals surface area contributed by atoms with Gasteiger partial charge in [0.25, 0.3) is 0 Å². The first kappa shape index (κ1) is 10.7. The van der Waals surface area contributed by atoms with Gasteiger partial charge in [0.15, 0.2) is 5.88 Å². The van der Waals surface area contributed by atoms with Crippen molar-refractivity contribution in [3.63, 3.8) is 0 Å². The largest absolute Gasteiger partial charge is 0.494 e. The van der Waals surface area contributed by atoms with Gasteiger partial charge in [0, 0.05) is 22.7 Å². The second-order valence-electron chi connectivity index (χ2n) is 3.25. The second-order valence-corrected chi connectivity index (χ2v) is 3.69. The highest BCUT2D eigenvalue weighted by molar-refractivity contribution is 6.41. The maximum Gasteiger partial charge on any atom is 0.196 e. The van der Waals surface area contributed by atoms with Gasteiger partial charge in [0.2, 0.25) is 0 Å². The van der Waals surface area contributed by atoms with Crippen molar-refractivity contribution in [3.8, 4) is 5.88 Å². The molecule has 1 aromatic carbocycles. The van der Waals surface area contributed by atoms with Crippen LogP contribution in [-0.2, 0) is 0 Å². The zero-order valence-electron chi connectivity index (χ0n) is 8.09. The summed E-state index contributed by atoms with van der Waals surface area (Å²) in [7, 11) is 0. The fraction of sp³-hybridized carbons (Fsp3) is 0.